The molecule has 0 bridgehead atoms. The van der Waals surface area contributed by atoms with Crippen molar-refractivity contribution in [1.29, 1.82) is 0 Å². The molecule has 2 amide bonds. The van der Waals surface area contributed by atoms with E-state index in [0.29, 0.717) is 19.7 Å². The van der Waals surface area contributed by atoms with Crippen LogP contribution >= 0.6 is 0 Å². The minimum absolute atomic E-state index is 0.0533. The van der Waals surface area contributed by atoms with Gasteiger partial charge in [-0.05, 0) is 31.2 Å². The van der Waals surface area contributed by atoms with Gasteiger partial charge in [-0.25, -0.2) is 4.79 Å². The molecular weight excluding hydrogens is 260 g/mol. The maximum atomic E-state index is 11.7. The van der Waals surface area contributed by atoms with Crippen molar-refractivity contribution >= 4 is 23.4 Å². The predicted molar refractivity (Wildman–Crippen MR) is 72.6 cm³/mol. The molecule has 1 atom stereocenters. The van der Waals surface area contributed by atoms with Gasteiger partial charge in [0, 0.05) is 17.9 Å². The van der Waals surface area contributed by atoms with Gasteiger partial charge in [0.05, 0.1) is 13.2 Å². The zero-order chi connectivity index (χ0) is 14.1. The first-order valence-corrected chi connectivity index (χ1v) is 6.44. The number of hydrogen-bond donors (Lipinski definition) is 0. The quantitative estimate of drug-likeness (QED) is 0.814. The first-order chi connectivity index (χ1) is 9.65. The number of nitrogens with zero attached hydrogens (tertiary/aromatic N) is 2. The van der Waals surface area contributed by atoms with Gasteiger partial charge in [0.25, 0.3) is 5.91 Å². The van der Waals surface area contributed by atoms with Crippen LogP contribution in [0.3, 0.4) is 0 Å². The lowest BCUT2D eigenvalue weighted by molar-refractivity contribution is -0.125. The number of hydrogen-bond acceptors (Lipinski definition) is 4. The van der Waals surface area contributed by atoms with Crippen molar-refractivity contribution in [3.8, 4) is 0 Å². The number of morpholine rings is 1. The number of rotatable bonds is 2. The summed E-state index contributed by atoms with van der Waals surface area (Å²) in [7, 11) is 0. The summed E-state index contributed by atoms with van der Waals surface area (Å²) in [4.78, 5) is 26.6. The van der Waals surface area contributed by atoms with E-state index in [4.69, 9.17) is 9.47 Å². The Labute approximate surface area is 116 Å². The van der Waals surface area contributed by atoms with Crippen molar-refractivity contribution in [2.24, 2.45) is 0 Å². The minimum Gasteiger partial charge on any atom is -0.444 e. The van der Waals surface area contributed by atoms with Gasteiger partial charge in [0.15, 0.2) is 0 Å². The number of carbonyl (C=O) groups excluding carboxylic acids is 2. The summed E-state index contributed by atoms with van der Waals surface area (Å²) < 4.78 is 10.1. The Morgan fingerprint density at radius 3 is 2.30 bits per heavy atom. The highest BCUT2D eigenvalue weighted by molar-refractivity contribution is 5.95. The highest BCUT2D eigenvalue weighted by Crippen LogP contribution is 2.25. The molecule has 0 saturated carbocycles. The van der Waals surface area contributed by atoms with Crippen molar-refractivity contribution < 1.29 is 19.1 Å². The summed E-state index contributed by atoms with van der Waals surface area (Å²) in [5.74, 6) is -0.0533. The molecule has 105 valence electrons. The van der Waals surface area contributed by atoms with Crippen molar-refractivity contribution in [1.82, 2.24) is 0 Å². The molecule has 0 spiro atoms. The lowest BCUT2D eigenvalue weighted by Gasteiger charge is -2.27. The van der Waals surface area contributed by atoms with Crippen LogP contribution in [0, 0.1) is 6.92 Å². The molecule has 6 nitrogen and oxygen atoms in total. The Balaban J connectivity index is 1.77. The van der Waals surface area contributed by atoms with Gasteiger partial charge < -0.3 is 14.4 Å². The molecule has 2 aliphatic heterocycles. The van der Waals surface area contributed by atoms with E-state index in [2.05, 4.69) is 6.92 Å². The lowest BCUT2D eigenvalue weighted by atomic mass is 10.2. The monoisotopic (exact) mass is 275 g/mol. The van der Waals surface area contributed by atoms with E-state index in [9.17, 15) is 9.59 Å². The molecule has 20 heavy (non-hydrogen) atoms. The van der Waals surface area contributed by atoms with Crippen LogP contribution in [0.5, 0.6) is 0 Å². The van der Waals surface area contributed by atoms with E-state index >= 15 is 0 Å². The second-order valence-electron chi connectivity index (χ2n) is 4.73. The van der Waals surface area contributed by atoms with Crippen LogP contribution in [-0.4, -0.2) is 44.4 Å². The summed E-state index contributed by atoms with van der Waals surface area (Å²) in [6, 6.07) is 7.25. The fraction of sp³-hybridized carbons (Fsp3) is 0.357. The van der Waals surface area contributed by atoms with E-state index in [-0.39, 0.29) is 24.7 Å². The maximum Gasteiger partial charge on any atom is 0.414 e. The summed E-state index contributed by atoms with van der Waals surface area (Å²) in [6.45, 7) is 5.35. The standard InChI is InChI=1S/C14H15N2O4/c1-10-8-16(14(18)20-10)12-4-2-11(3-5-12)15-6-7-19-9-13(15)17/h2-5,10H,1,6-9H2. The third kappa shape index (κ3) is 2.34. The smallest absolute Gasteiger partial charge is 0.414 e. The number of amides is 2. The third-order valence-electron chi connectivity index (χ3n) is 3.33. The Hall–Kier alpha value is -2.08. The zero-order valence-electron chi connectivity index (χ0n) is 10.9. The van der Waals surface area contributed by atoms with Crippen molar-refractivity contribution in [2.45, 2.75) is 6.10 Å². The number of benzene rings is 1. The van der Waals surface area contributed by atoms with E-state index in [1.165, 1.54) is 4.90 Å². The molecule has 2 heterocycles. The molecular formula is C14H15N2O4. The molecule has 1 unspecified atom stereocenters. The van der Waals surface area contributed by atoms with Crippen LogP contribution in [0.1, 0.15) is 0 Å². The average Bonchev–Trinajstić information content (AvgIpc) is 2.79. The normalized spacial score (nSPS) is 23.1. The van der Waals surface area contributed by atoms with Gasteiger partial charge in [-0.15, -0.1) is 0 Å². The van der Waals surface area contributed by atoms with E-state index in [0.717, 1.165) is 11.4 Å². The summed E-state index contributed by atoms with van der Waals surface area (Å²) in [6.07, 6.45) is -0.733. The van der Waals surface area contributed by atoms with E-state index < -0.39 is 0 Å². The SMILES string of the molecule is [CH2]C1CN(c2ccc(N3CCOCC3=O)cc2)C(=O)O1. The highest BCUT2D eigenvalue weighted by atomic mass is 16.6. The molecule has 2 aliphatic rings. The number of anilines is 2. The molecule has 2 saturated heterocycles. The average molecular weight is 275 g/mol. The van der Waals surface area contributed by atoms with Gasteiger partial charge in [-0.3, -0.25) is 9.69 Å². The van der Waals surface area contributed by atoms with Crippen molar-refractivity contribution in [3.05, 3.63) is 31.2 Å². The van der Waals surface area contributed by atoms with E-state index in [1.807, 2.05) is 12.1 Å². The summed E-state index contributed by atoms with van der Waals surface area (Å²) in [5.41, 5.74) is 1.55. The fourth-order valence-electron chi connectivity index (χ4n) is 2.34. The molecule has 2 fully saturated rings. The first-order valence-electron chi connectivity index (χ1n) is 6.44. The second-order valence-corrected chi connectivity index (χ2v) is 4.73. The fourth-order valence-corrected chi connectivity index (χ4v) is 2.34. The van der Waals surface area contributed by atoms with Crippen LogP contribution in [0.4, 0.5) is 16.2 Å². The second kappa shape index (κ2) is 5.13. The number of ether oxygens (including phenoxy) is 2. The number of carbonyl (C=O) groups is 2. The van der Waals surface area contributed by atoms with Gasteiger partial charge in [-0.2, -0.15) is 0 Å². The molecule has 0 N–H and O–H groups in total. The highest BCUT2D eigenvalue weighted by Gasteiger charge is 2.29. The van der Waals surface area contributed by atoms with Crippen LogP contribution in [0.15, 0.2) is 24.3 Å². The van der Waals surface area contributed by atoms with Gasteiger partial charge in [0.1, 0.15) is 12.7 Å². The summed E-state index contributed by atoms with van der Waals surface area (Å²) >= 11 is 0. The molecule has 0 aromatic heterocycles. The minimum atomic E-state index is -0.389. The van der Waals surface area contributed by atoms with Crippen LogP contribution in [-0.2, 0) is 14.3 Å². The topological polar surface area (TPSA) is 59.1 Å². The van der Waals surface area contributed by atoms with Crippen molar-refractivity contribution in [2.75, 3.05) is 36.1 Å². The molecule has 6 heteroatoms. The van der Waals surface area contributed by atoms with Gasteiger partial charge in [0.2, 0.25) is 0 Å². The lowest BCUT2D eigenvalue weighted by Crippen LogP contribution is -2.41. The van der Waals surface area contributed by atoms with Crippen molar-refractivity contribution in [3.63, 3.8) is 0 Å². The largest absolute Gasteiger partial charge is 0.444 e. The molecule has 0 aliphatic carbocycles. The third-order valence-corrected chi connectivity index (χ3v) is 3.33. The van der Waals surface area contributed by atoms with Crippen LogP contribution < -0.4 is 9.80 Å². The Morgan fingerprint density at radius 2 is 1.75 bits per heavy atom. The molecule has 1 radical (unpaired) electrons. The first kappa shape index (κ1) is 12.9. The maximum absolute atomic E-state index is 11.7. The van der Waals surface area contributed by atoms with Gasteiger partial charge >= 0.3 is 6.09 Å². The van der Waals surface area contributed by atoms with E-state index in [1.54, 1.807) is 17.0 Å². The zero-order valence-corrected chi connectivity index (χ0v) is 10.9. The van der Waals surface area contributed by atoms with Gasteiger partial charge in [-0.1, -0.05) is 0 Å². The number of cyclic esters (lactones) is 1. The Morgan fingerprint density at radius 1 is 1.10 bits per heavy atom. The van der Waals surface area contributed by atoms with Crippen LogP contribution in [0.2, 0.25) is 0 Å². The predicted octanol–water partition coefficient (Wildman–Crippen LogP) is 1.21. The molecule has 3 rings (SSSR count). The van der Waals surface area contributed by atoms with Crippen LogP contribution in [0.25, 0.3) is 0 Å². The molecule has 1 aromatic rings. The summed E-state index contributed by atoms with van der Waals surface area (Å²) in [5, 5.41) is 0. The Bertz CT molecular complexity index is 499. The molecule has 1 aromatic carbocycles. The Kier molecular flexibility index (Phi) is 3.31.